The molecule has 1 rings (SSSR count). The van der Waals surface area contributed by atoms with E-state index < -0.39 is 5.78 Å². The van der Waals surface area contributed by atoms with Crippen LogP contribution < -0.4 is 0 Å². The maximum Gasteiger partial charge on any atom is 0.198 e. The van der Waals surface area contributed by atoms with Gasteiger partial charge in [-0.1, -0.05) is 0 Å². The first-order valence-corrected chi connectivity index (χ1v) is 6.76. The standard InChI is InChI=1S/C13H13IN2O4/c1-8-11(4-10(14)5-12(8)16-20)13(19)9(7-18)6-15-2-3-17/h4-7,17-18H,2-3H2,1H3. The Bertz CT molecular complexity index is 582. The first-order chi connectivity index (χ1) is 9.54. The largest absolute Gasteiger partial charge is 0.515 e. The second-order valence-corrected chi connectivity index (χ2v) is 5.11. The molecule has 0 spiro atoms. The van der Waals surface area contributed by atoms with Crippen LogP contribution in [0.1, 0.15) is 15.9 Å². The van der Waals surface area contributed by atoms with Crippen molar-refractivity contribution in [1.29, 1.82) is 0 Å². The Hall–Kier alpha value is -1.61. The zero-order valence-electron chi connectivity index (χ0n) is 10.7. The van der Waals surface area contributed by atoms with Crippen LogP contribution in [0.5, 0.6) is 0 Å². The molecule has 106 valence electrons. The number of halogens is 1. The Balaban J connectivity index is 3.20. The normalized spacial score (nSPS) is 11.8. The molecule has 7 heteroatoms. The molecule has 0 saturated carbocycles. The summed E-state index contributed by atoms with van der Waals surface area (Å²) in [6.45, 7) is 1.60. The summed E-state index contributed by atoms with van der Waals surface area (Å²) in [5, 5.41) is 20.6. The van der Waals surface area contributed by atoms with Gasteiger partial charge in [0, 0.05) is 15.3 Å². The fraction of sp³-hybridized carbons (Fsp3) is 0.231. The minimum Gasteiger partial charge on any atom is -0.515 e. The van der Waals surface area contributed by atoms with Crippen LogP contribution in [0, 0.1) is 15.4 Å². The first-order valence-electron chi connectivity index (χ1n) is 5.68. The van der Waals surface area contributed by atoms with E-state index in [0.29, 0.717) is 15.4 Å². The number of allylic oxidation sites excluding steroid dienone is 1. The molecule has 2 N–H and O–H groups in total. The third kappa shape index (κ3) is 3.94. The maximum absolute atomic E-state index is 12.3. The van der Waals surface area contributed by atoms with E-state index in [0.717, 1.165) is 0 Å². The monoisotopic (exact) mass is 388 g/mol. The van der Waals surface area contributed by atoms with Gasteiger partial charge in [-0.05, 0) is 52.4 Å². The van der Waals surface area contributed by atoms with Gasteiger partial charge in [0.2, 0.25) is 0 Å². The smallest absolute Gasteiger partial charge is 0.198 e. The van der Waals surface area contributed by atoms with E-state index in [4.69, 9.17) is 10.2 Å². The van der Waals surface area contributed by atoms with Crippen molar-refractivity contribution in [3.05, 3.63) is 43.6 Å². The van der Waals surface area contributed by atoms with Gasteiger partial charge in [0.15, 0.2) is 5.78 Å². The lowest BCUT2D eigenvalue weighted by Crippen LogP contribution is -2.08. The number of hydrogen-bond acceptors (Lipinski definition) is 6. The zero-order valence-corrected chi connectivity index (χ0v) is 12.9. The van der Waals surface area contributed by atoms with Crippen molar-refractivity contribution >= 4 is 40.3 Å². The summed E-state index contributed by atoms with van der Waals surface area (Å²) >= 11 is 1.97. The number of carbonyl (C=O) groups excluding carboxylic acids is 1. The quantitative estimate of drug-likeness (QED) is 0.196. The molecule has 0 unspecified atom stereocenters. The third-order valence-electron chi connectivity index (χ3n) is 2.55. The Morgan fingerprint density at radius 2 is 2.15 bits per heavy atom. The van der Waals surface area contributed by atoms with Crippen LogP contribution in [0.15, 0.2) is 34.1 Å². The van der Waals surface area contributed by atoms with E-state index in [-0.39, 0.29) is 30.0 Å². The molecule has 0 radical (unpaired) electrons. The van der Waals surface area contributed by atoms with Gasteiger partial charge in [-0.15, -0.1) is 4.91 Å². The number of nitroso groups, excluding NO2 is 1. The molecule has 0 aromatic heterocycles. The van der Waals surface area contributed by atoms with Crippen molar-refractivity contribution in [2.24, 2.45) is 10.2 Å². The van der Waals surface area contributed by atoms with Crippen molar-refractivity contribution in [2.45, 2.75) is 6.92 Å². The number of nitrogens with zero attached hydrogens (tertiary/aromatic N) is 2. The number of Topliss-reactive ketones (excluding diaryl/α,β-unsaturated/α-hetero) is 1. The summed E-state index contributed by atoms with van der Waals surface area (Å²) < 4.78 is 0.690. The molecule has 0 fully saturated rings. The van der Waals surface area contributed by atoms with Crippen molar-refractivity contribution in [1.82, 2.24) is 0 Å². The molecule has 6 nitrogen and oxygen atoms in total. The fourth-order valence-electron chi connectivity index (χ4n) is 1.52. The molecule has 1 aromatic rings. The molecule has 20 heavy (non-hydrogen) atoms. The fourth-order valence-corrected chi connectivity index (χ4v) is 2.13. The number of aliphatic hydroxyl groups is 2. The maximum atomic E-state index is 12.3. The lowest BCUT2D eigenvalue weighted by atomic mass is 9.99. The van der Waals surface area contributed by atoms with E-state index in [2.05, 4.69) is 10.2 Å². The van der Waals surface area contributed by atoms with Gasteiger partial charge in [-0.2, -0.15) is 0 Å². The summed E-state index contributed by atoms with van der Waals surface area (Å²) in [4.78, 5) is 26.8. The first kappa shape index (κ1) is 16.4. The molecule has 0 aliphatic heterocycles. The molecule has 0 saturated heterocycles. The molecule has 0 amide bonds. The second-order valence-electron chi connectivity index (χ2n) is 3.86. The number of ketones is 1. The van der Waals surface area contributed by atoms with Crippen molar-refractivity contribution in [3.8, 4) is 0 Å². The molecule has 0 aliphatic carbocycles. The molecule has 0 atom stereocenters. The summed E-state index contributed by atoms with van der Waals surface area (Å²) in [7, 11) is 0. The highest BCUT2D eigenvalue weighted by Crippen LogP contribution is 2.26. The Labute approximate surface area is 129 Å². The number of rotatable bonds is 6. The number of hydrogen-bond donors (Lipinski definition) is 2. The van der Waals surface area contributed by atoms with Crippen LogP contribution >= 0.6 is 22.6 Å². The van der Waals surface area contributed by atoms with Crippen LogP contribution in [-0.2, 0) is 0 Å². The number of benzene rings is 1. The van der Waals surface area contributed by atoms with E-state index in [9.17, 15) is 9.70 Å². The number of aliphatic hydroxyl groups excluding tert-OH is 2. The number of aliphatic imine (C=N–C) groups is 1. The summed E-state index contributed by atoms with van der Waals surface area (Å²) in [5.74, 6) is -0.463. The Morgan fingerprint density at radius 1 is 1.45 bits per heavy atom. The van der Waals surface area contributed by atoms with Gasteiger partial charge in [-0.3, -0.25) is 9.79 Å². The van der Waals surface area contributed by atoms with Crippen molar-refractivity contribution in [3.63, 3.8) is 0 Å². The SMILES string of the molecule is Cc1c(N=O)cc(I)cc1C(=O)C(C=NCCO)=CO. The topological polar surface area (TPSA) is 99.3 Å². The Morgan fingerprint density at radius 3 is 2.70 bits per heavy atom. The highest BCUT2D eigenvalue weighted by Gasteiger charge is 2.17. The average Bonchev–Trinajstić information content (AvgIpc) is 2.45. The van der Waals surface area contributed by atoms with Crippen LogP contribution in [0.2, 0.25) is 0 Å². The summed E-state index contributed by atoms with van der Waals surface area (Å²) in [5.41, 5.74) is 0.882. The van der Waals surface area contributed by atoms with Crippen molar-refractivity contribution in [2.75, 3.05) is 13.2 Å². The molecular formula is C13H13IN2O4. The molecule has 0 bridgehead atoms. The van der Waals surface area contributed by atoms with E-state index >= 15 is 0 Å². The average molecular weight is 388 g/mol. The van der Waals surface area contributed by atoms with Gasteiger partial charge >= 0.3 is 0 Å². The van der Waals surface area contributed by atoms with Gasteiger partial charge in [0.25, 0.3) is 0 Å². The highest BCUT2D eigenvalue weighted by atomic mass is 127. The third-order valence-corrected chi connectivity index (χ3v) is 3.17. The lowest BCUT2D eigenvalue weighted by Gasteiger charge is -2.07. The minimum absolute atomic E-state index is 0.0274. The zero-order chi connectivity index (χ0) is 15.1. The van der Waals surface area contributed by atoms with E-state index in [1.165, 1.54) is 6.21 Å². The molecule has 1 aromatic carbocycles. The molecular weight excluding hydrogens is 375 g/mol. The van der Waals surface area contributed by atoms with E-state index in [1.54, 1.807) is 19.1 Å². The van der Waals surface area contributed by atoms with Crippen LogP contribution in [-0.4, -0.2) is 35.4 Å². The van der Waals surface area contributed by atoms with E-state index in [1.807, 2.05) is 22.6 Å². The Kier molecular flexibility index (Phi) is 6.46. The van der Waals surface area contributed by atoms with Crippen molar-refractivity contribution < 1.29 is 15.0 Å². The summed E-state index contributed by atoms with van der Waals surface area (Å²) in [6.07, 6.45) is 1.84. The van der Waals surface area contributed by atoms with Gasteiger partial charge < -0.3 is 10.2 Å². The minimum atomic E-state index is -0.463. The van der Waals surface area contributed by atoms with Gasteiger partial charge in [0.1, 0.15) is 5.69 Å². The second kappa shape index (κ2) is 7.85. The molecule has 0 heterocycles. The van der Waals surface area contributed by atoms with Gasteiger partial charge in [0.05, 0.1) is 25.0 Å². The lowest BCUT2D eigenvalue weighted by molar-refractivity contribution is 0.103. The van der Waals surface area contributed by atoms with Crippen LogP contribution in [0.4, 0.5) is 5.69 Å². The predicted molar refractivity (Wildman–Crippen MR) is 84.8 cm³/mol. The van der Waals surface area contributed by atoms with Gasteiger partial charge in [-0.25, -0.2) is 0 Å². The predicted octanol–water partition coefficient (Wildman–Crippen LogP) is 2.69. The summed E-state index contributed by atoms with van der Waals surface area (Å²) in [6, 6.07) is 3.18. The molecule has 0 aliphatic rings. The highest BCUT2D eigenvalue weighted by molar-refractivity contribution is 14.1. The van der Waals surface area contributed by atoms with Crippen LogP contribution in [0.3, 0.4) is 0 Å². The van der Waals surface area contributed by atoms with Crippen LogP contribution in [0.25, 0.3) is 0 Å². The number of carbonyl (C=O) groups is 1.